The second-order valence-corrected chi connectivity index (χ2v) is 7.86. The SMILES string of the molecule is COc1cc(/C=C(\C#N)C(=O)Nc2ccc(Cl)cc2)cc(Cl)c1OCc1cccc(Cl)c1. The minimum absolute atomic E-state index is 0.106. The number of halogens is 3. The Labute approximate surface area is 200 Å². The van der Waals surface area contributed by atoms with Crippen molar-refractivity contribution in [2.45, 2.75) is 6.61 Å². The fourth-order valence-electron chi connectivity index (χ4n) is 2.79. The number of amides is 1. The van der Waals surface area contributed by atoms with Crippen LogP contribution < -0.4 is 14.8 Å². The number of carbonyl (C=O) groups is 1. The van der Waals surface area contributed by atoms with Crippen LogP contribution in [0.1, 0.15) is 11.1 Å². The third-order valence-electron chi connectivity index (χ3n) is 4.30. The molecule has 3 aromatic rings. The van der Waals surface area contributed by atoms with E-state index in [2.05, 4.69) is 5.32 Å². The summed E-state index contributed by atoms with van der Waals surface area (Å²) in [4.78, 5) is 12.5. The average molecular weight is 488 g/mol. The van der Waals surface area contributed by atoms with E-state index in [0.29, 0.717) is 32.8 Å². The molecule has 0 saturated carbocycles. The van der Waals surface area contributed by atoms with E-state index in [1.807, 2.05) is 18.2 Å². The first-order valence-corrected chi connectivity index (χ1v) is 10.5. The maximum atomic E-state index is 12.5. The van der Waals surface area contributed by atoms with Gasteiger partial charge in [-0.05, 0) is 65.7 Å². The van der Waals surface area contributed by atoms with Crippen molar-refractivity contribution in [3.8, 4) is 17.6 Å². The number of benzene rings is 3. The summed E-state index contributed by atoms with van der Waals surface area (Å²) >= 11 is 18.3. The highest BCUT2D eigenvalue weighted by Gasteiger charge is 2.15. The fourth-order valence-corrected chi connectivity index (χ4v) is 3.40. The number of carbonyl (C=O) groups excluding carboxylic acids is 1. The molecule has 3 rings (SSSR count). The number of methoxy groups -OCH3 is 1. The van der Waals surface area contributed by atoms with Crippen LogP contribution in [0.15, 0.2) is 66.2 Å². The zero-order chi connectivity index (χ0) is 23.1. The van der Waals surface area contributed by atoms with Crippen LogP contribution in [0, 0.1) is 11.3 Å². The Morgan fingerprint density at radius 1 is 1.06 bits per heavy atom. The van der Waals surface area contributed by atoms with Gasteiger partial charge in [0.15, 0.2) is 11.5 Å². The number of ether oxygens (including phenoxy) is 2. The van der Waals surface area contributed by atoms with Crippen LogP contribution in [0.25, 0.3) is 6.08 Å². The topological polar surface area (TPSA) is 71.3 Å². The molecule has 8 heteroatoms. The molecule has 162 valence electrons. The summed E-state index contributed by atoms with van der Waals surface area (Å²) in [5, 5.41) is 13.5. The molecule has 0 bridgehead atoms. The summed E-state index contributed by atoms with van der Waals surface area (Å²) in [5.41, 5.74) is 1.78. The maximum Gasteiger partial charge on any atom is 0.266 e. The standard InChI is InChI=1S/C24H17Cl3N2O3/c1-31-22-12-16(9-17(13-28)24(30)29-20-7-5-18(25)6-8-20)11-21(27)23(22)32-14-15-3-2-4-19(26)10-15/h2-12H,14H2,1H3,(H,29,30)/b17-9+. The lowest BCUT2D eigenvalue weighted by molar-refractivity contribution is -0.112. The Hall–Kier alpha value is -3.17. The minimum Gasteiger partial charge on any atom is -0.493 e. The maximum absolute atomic E-state index is 12.5. The molecule has 0 aliphatic rings. The predicted molar refractivity (Wildman–Crippen MR) is 127 cm³/mol. The number of hydrogen-bond donors (Lipinski definition) is 1. The normalized spacial score (nSPS) is 10.9. The van der Waals surface area contributed by atoms with Gasteiger partial charge in [0, 0.05) is 15.7 Å². The third-order valence-corrected chi connectivity index (χ3v) is 5.07. The summed E-state index contributed by atoms with van der Waals surface area (Å²) in [5.74, 6) is 0.141. The lowest BCUT2D eigenvalue weighted by Crippen LogP contribution is -2.13. The van der Waals surface area contributed by atoms with Crippen molar-refractivity contribution in [1.29, 1.82) is 5.26 Å². The summed E-state index contributed by atoms with van der Waals surface area (Å²) < 4.78 is 11.2. The van der Waals surface area contributed by atoms with Crippen molar-refractivity contribution in [2.24, 2.45) is 0 Å². The Morgan fingerprint density at radius 3 is 2.47 bits per heavy atom. The summed E-state index contributed by atoms with van der Waals surface area (Å²) in [7, 11) is 1.48. The predicted octanol–water partition coefficient (Wildman–Crippen LogP) is 6.78. The molecule has 0 aliphatic heterocycles. The summed E-state index contributed by atoms with van der Waals surface area (Å²) in [6.07, 6.45) is 1.42. The third kappa shape index (κ3) is 6.18. The Bertz CT molecular complexity index is 1200. The number of nitriles is 1. The Balaban J connectivity index is 1.81. The lowest BCUT2D eigenvalue weighted by Gasteiger charge is -2.14. The molecule has 0 saturated heterocycles. The van der Waals surface area contributed by atoms with Gasteiger partial charge < -0.3 is 14.8 Å². The van der Waals surface area contributed by atoms with Gasteiger partial charge in [0.1, 0.15) is 18.2 Å². The van der Waals surface area contributed by atoms with Crippen LogP contribution in [0.4, 0.5) is 5.69 Å². The number of nitrogens with one attached hydrogen (secondary N) is 1. The largest absolute Gasteiger partial charge is 0.493 e. The van der Waals surface area contributed by atoms with Gasteiger partial charge in [0.05, 0.1) is 12.1 Å². The Kier molecular flexibility index (Phi) is 8.02. The molecule has 0 aliphatic carbocycles. The second kappa shape index (κ2) is 10.9. The van der Waals surface area contributed by atoms with Crippen LogP contribution in [0.5, 0.6) is 11.5 Å². The molecular weight excluding hydrogens is 471 g/mol. The van der Waals surface area contributed by atoms with Crippen LogP contribution in [-0.4, -0.2) is 13.0 Å². The van der Waals surface area contributed by atoms with Crippen molar-refractivity contribution in [3.63, 3.8) is 0 Å². The molecule has 0 spiro atoms. The minimum atomic E-state index is -0.564. The molecule has 1 amide bonds. The van der Waals surface area contributed by atoms with E-state index >= 15 is 0 Å². The van der Waals surface area contributed by atoms with Crippen LogP contribution in [0.2, 0.25) is 15.1 Å². The highest BCUT2D eigenvalue weighted by Crippen LogP contribution is 2.37. The molecule has 0 aromatic heterocycles. The van der Waals surface area contributed by atoms with Crippen molar-refractivity contribution < 1.29 is 14.3 Å². The molecule has 5 nitrogen and oxygen atoms in total. The zero-order valence-electron chi connectivity index (χ0n) is 16.9. The van der Waals surface area contributed by atoms with Crippen LogP contribution in [0.3, 0.4) is 0 Å². The molecule has 0 atom stereocenters. The van der Waals surface area contributed by atoms with Gasteiger partial charge >= 0.3 is 0 Å². The molecular formula is C24H17Cl3N2O3. The highest BCUT2D eigenvalue weighted by atomic mass is 35.5. The van der Waals surface area contributed by atoms with E-state index in [1.165, 1.54) is 13.2 Å². The number of hydrogen-bond acceptors (Lipinski definition) is 4. The zero-order valence-corrected chi connectivity index (χ0v) is 19.1. The van der Waals surface area contributed by atoms with Gasteiger partial charge in [-0.25, -0.2) is 0 Å². The first kappa shape index (κ1) is 23.5. The molecule has 0 unspecified atom stereocenters. The number of nitrogens with zero attached hydrogens (tertiary/aromatic N) is 1. The highest BCUT2D eigenvalue weighted by molar-refractivity contribution is 6.32. The fraction of sp³-hybridized carbons (Fsp3) is 0.0833. The van der Waals surface area contributed by atoms with Gasteiger partial charge in [-0.1, -0.05) is 46.9 Å². The van der Waals surface area contributed by atoms with E-state index in [-0.39, 0.29) is 17.2 Å². The molecule has 1 N–H and O–H groups in total. The second-order valence-electron chi connectivity index (χ2n) is 6.58. The van der Waals surface area contributed by atoms with Crippen molar-refractivity contribution in [3.05, 3.63) is 92.4 Å². The summed E-state index contributed by atoms with van der Waals surface area (Å²) in [6.45, 7) is 0.235. The molecule has 32 heavy (non-hydrogen) atoms. The smallest absolute Gasteiger partial charge is 0.266 e. The van der Waals surface area contributed by atoms with E-state index in [9.17, 15) is 10.1 Å². The molecule has 0 heterocycles. The van der Waals surface area contributed by atoms with Gasteiger partial charge in [-0.2, -0.15) is 5.26 Å². The molecule has 0 radical (unpaired) electrons. The monoisotopic (exact) mass is 486 g/mol. The molecule has 0 fully saturated rings. The molecule has 3 aromatic carbocycles. The van der Waals surface area contributed by atoms with E-state index in [4.69, 9.17) is 44.3 Å². The van der Waals surface area contributed by atoms with Gasteiger partial charge in [0.2, 0.25) is 0 Å². The average Bonchev–Trinajstić information content (AvgIpc) is 2.77. The Morgan fingerprint density at radius 2 is 1.81 bits per heavy atom. The van der Waals surface area contributed by atoms with Gasteiger partial charge in [0.25, 0.3) is 5.91 Å². The van der Waals surface area contributed by atoms with Gasteiger partial charge in [-0.3, -0.25) is 4.79 Å². The first-order valence-electron chi connectivity index (χ1n) is 9.33. The van der Waals surface area contributed by atoms with Gasteiger partial charge in [-0.15, -0.1) is 0 Å². The van der Waals surface area contributed by atoms with Crippen molar-refractivity contribution >= 4 is 52.5 Å². The van der Waals surface area contributed by atoms with Crippen LogP contribution >= 0.6 is 34.8 Å². The number of rotatable bonds is 7. The van der Waals surface area contributed by atoms with E-state index in [1.54, 1.807) is 48.5 Å². The quantitative estimate of drug-likeness (QED) is 0.294. The first-order chi connectivity index (χ1) is 15.4. The van der Waals surface area contributed by atoms with Crippen LogP contribution in [-0.2, 0) is 11.4 Å². The van der Waals surface area contributed by atoms with E-state index in [0.717, 1.165) is 5.56 Å². The summed E-state index contributed by atoms with van der Waals surface area (Å²) in [6, 6.07) is 18.9. The van der Waals surface area contributed by atoms with E-state index < -0.39 is 5.91 Å². The van der Waals surface area contributed by atoms with Crippen molar-refractivity contribution in [2.75, 3.05) is 12.4 Å². The number of anilines is 1. The van der Waals surface area contributed by atoms with Crippen molar-refractivity contribution in [1.82, 2.24) is 0 Å². The lowest BCUT2D eigenvalue weighted by atomic mass is 10.1.